The van der Waals surface area contributed by atoms with Gasteiger partial charge in [0.25, 0.3) is 0 Å². The Bertz CT molecular complexity index is 1340. The fourth-order valence-corrected chi connectivity index (χ4v) is 4.66. The van der Waals surface area contributed by atoms with Crippen LogP contribution in [0.1, 0.15) is 11.3 Å². The van der Waals surface area contributed by atoms with E-state index in [0.29, 0.717) is 13.0 Å². The van der Waals surface area contributed by atoms with Crippen molar-refractivity contribution in [2.45, 2.75) is 17.7 Å². The zero-order chi connectivity index (χ0) is 22.7. The molecule has 0 fully saturated rings. The van der Waals surface area contributed by atoms with Gasteiger partial charge in [-0.05, 0) is 48.4 Å². The summed E-state index contributed by atoms with van der Waals surface area (Å²) in [6.45, 7) is 0.446. The summed E-state index contributed by atoms with van der Waals surface area (Å²) < 4.78 is 29.8. The maximum absolute atomic E-state index is 12.4. The first-order chi connectivity index (χ1) is 15.3. The van der Waals surface area contributed by atoms with Gasteiger partial charge in [0.2, 0.25) is 15.9 Å². The zero-order valence-electron chi connectivity index (χ0n) is 17.3. The molecule has 0 aliphatic carbocycles. The topological polar surface area (TPSA) is 116 Å². The van der Waals surface area contributed by atoms with Crippen LogP contribution in [0.4, 0.5) is 0 Å². The van der Waals surface area contributed by atoms with Gasteiger partial charge in [0.05, 0.1) is 24.1 Å². The van der Waals surface area contributed by atoms with Crippen LogP contribution in [0.5, 0.6) is 5.75 Å². The van der Waals surface area contributed by atoms with Crippen LogP contribution in [0.25, 0.3) is 16.2 Å². The molecule has 0 bridgehead atoms. The van der Waals surface area contributed by atoms with Gasteiger partial charge in [-0.25, -0.2) is 18.5 Å². The molecular formula is C22H22N4O4S2. The predicted octanol–water partition coefficient (Wildman–Crippen LogP) is 2.62. The summed E-state index contributed by atoms with van der Waals surface area (Å²) >= 11 is 1.49. The van der Waals surface area contributed by atoms with Crippen molar-refractivity contribution in [3.05, 3.63) is 71.4 Å². The van der Waals surface area contributed by atoms with E-state index in [1.54, 1.807) is 19.2 Å². The average Bonchev–Trinajstić information content (AvgIpc) is 3.35. The first kappa shape index (κ1) is 22.0. The highest BCUT2D eigenvalue weighted by Crippen LogP contribution is 2.25. The van der Waals surface area contributed by atoms with E-state index in [9.17, 15) is 13.2 Å². The molecule has 0 radical (unpaired) electrons. The van der Waals surface area contributed by atoms with Crippen molar-refractivity contribution in [1.82, 2.24) is 14.7 Å². The summed E-state index contributed by atoms with van der Waals surface area (Å²) in [6, 6.07) is 14.0. The van der Waals surface area contributed by atoms with Gasteiger partial charge < -0.3 is 10.1 Å². The lowest BCUT2D eigenvalue weighted by molar-refractivity contribution is -0.120. The number of rotatable bonds is 8. The third-order valence-corrected chi connectivity index (χ3v) is 6.82. The standard InChI is InChI=1S/C22H22N4O4S2/c1-30-18-6-4-16(5-7-18)20-13-26-17(14-31-22(26)25-20)12-21(27)24-11-10-15-2-8-19(9-3-15)32(23,28)29/h2-9,13-14H,10-12H2,1H3,(H,24,27)(H2,23,28,29). The van der Waals surface area contributed by atoms with Gasteiger partial charge in [0.15, 0.2) is 4.96 Å². The molecule has 10 heteroatoms. The number of benzene rings is 2. The SMILES string of the molecule is COc1ccc(-c2cn3c(CC(=O)NCCc4ccc(S(N)(=O)=O)cc4)csc3n2)cc1. The van der Waals surface area contributed by atoms with E-state index in [4.69, 9.17) is 9.88 Å². The lowest BCUT2D eigenvalue weighted by Gasteiger charge is -2.06. The van der Waals surface area contributed by atoms with Crippen molar-refractivity contribution >= 4 is 32.2 Å². The fourth-order valence-electron chi connectivity index (χ4n) is 3.28. The first-order valence-corrected chi connectivity index (χ1v) is 12.2. The molecule has 2 aromatic heterocycles. The van der Waals surface area contributed by atoms with E-state index >= 15 is 0 Å². The average molecular weight is 471 g/mol. The lowest BCUT2D eigenvalue weighted by atomic mass is 10.1. The van der Waals surface area contributed by atoms with Crippen molar-refractivity contribution in [3.63, 3.8) is 0 Å². The zero-order valence-corrected chi connectivity index (χ0v) is 18.9. The number of carbonyl (C=O) groups is 1. The molecule has 0 aliphatic rings. The van der Waals surface area contributed by atoms with E-state index in [1.807, 2.05) is 40.2 Å². The van der Waals surface area contributed by atoms with Gasteiger partial charge in [0, 0.05) is 29.4 Å². The normalized spacial score (nSPS) is 11.6. The van der Waals surface area contributed by atoms with Gasteiger partial charge >= 0.3 is 0 Å². The van der Waals surface area contributed by atoms with Gasteiger partial charge in [-0.2, -0.15) is 0 Å². The summed E-state index contributed by atoms with van der Waals surface area (Å²) in [5.41, 5.74) is 3.59. The van der Waals surface area contributed by atoms with Crippen molar-refractivity contribution in [3.8, 4) is 17.0 Å². The number of nitrogens with zero attached hydrogens (tertiary/aromatic N) is 2. The van der Waals surface area contributed by atoms with Crippen LogP contribution >= 0.6 is 11.3 Å². The number of sulfonamides is 1. The smallest absolute Gasteiger partial charge is 0.238 e. The summed E-state index contributed by atoms with van der Waals surface area (Å²) in [7, 11) is -2.07. The number of amides is 1. The molecule has 2 heterocycles. The Morgan fingerprint density at radius 1 is 1.16 bits per heavy atom. The number of fused-ring (bicyclic) bond motifs is 1. The van der Waals surface area contributed by atoms with Gasteiger partial charge in [-0.3, -0.25) is 9.20 Å². The number of primary sulfonamides is 1. The summed E-state index contributed by atoms with van der Waals surface area (Å²) in [5.74, 6) is 0.693. The van der Waals surface area contributed by atoms with Crippen molar-refractivity contribution < 1.29 is 17.9 Å². The number of hydrogen-bond donors (Lipinski definition) is 2. The van der Waals surface area contributed by atoms with Gasteiger partial charge in [-0.15, -0.1) is 11.3 Å². The molecule has 2 aromatic carbocycles. The summed E-state index contributed by atoms with van der Waals surface area (Å²) in [4.78, 5) is 18.0. The number of methoxy groups -OCH3 is 1. The molecule has 1 amide bonds. The van der Waals surface area contributed by atoms with E-state index in [1.165, 1.54) is 23.5 Å². The van der Waals surface area contributed by atoms with E-state index < -0.39 is 10.0 Å². The molecule has 0 saturated heterocycles. The molecule has 0 saturated carbocycles. The highest BCUT2D eigenvalue weighted by molar-refractivity contribution is 7.89. The fraction of sp³-hybridized carbons (Fsp3) is 0.182. The lowest BCUT2D eigenvalue weighted by Crippen LogP contribution is -2.27. The number of nitrogens with one attached hydrogen (secondary N) is 1. The molecule has 0 spiro atoms. The van der Waals surface area contributed by atoms with Gasteiger partial charge in [-0.1, -0.05) is 12.1 Å². The minimum absolute atomic E-state index is 0.0705. The van der Waals surface area contributed by atoms with Crippen molar-refractivity contribution in [2.75, 3.05) is 13.7 Å². The number of aromatic nitrogens is 2. The van der Waals surface area contributed by atoms with E-state index in [0.717, 1.165) is 33.2 Å². The molecule has 32 heavy (non-hydrogen) atoms. The number of nitrogens with two attached hydrogens (primary N) is 1. The number of ether oxygens (including phenoxy) is 1. The highest BCUT2D eigenvalue weighted by Gasteiger charge is 2.13. The predicted molar refractivity (Wildman–Crippen MR) is 123 cm³/mol. The molecule has 166 valence electrons. The molecule has 4 aromatic rings. The highest BCUT2D eigenvalue weighted by atomic mass is 32.2. The number of imidazole rings is 1. The van der Waals surface area contributed by atoms with Crippen molar-refractivity contribution in [1.29, 1.82) is 0 Å². The number of carbonyl (C=O) groups excluding carboxylic acids is 1. The van der Waals surface area contributed by atoms with Crippen LogP contribution in [0.15, 0.2) is 65.0 Å². The van der Waals surface area contributed by atoms with Crippen LogP contribution in [0.3, 0.4) is 0 Å². The summed E-state index contributed by atoms with van der Waals surface area (Å²) in [5, 5.41) is 9.94. The third kappa shape index (κ3) is 4.98. The molecule has 0 atom stereocenters. The van der Waals surface area contributed by atoms with Crippen LogP contribution in [0, 0.1) is 0 Å². The van der Waals surface area contributed by atoms with Crippen LogP contribution < -0.4 is 15.2 Å². The molecule has 3 N–H and O–H groups in total. The van der Waals surface area contributed by atoms with Gasteiger partial charge in [0.1, 0.15) is 5.75 Å². The number of hydrogen-bond acceptors (Lipinski definition) is 6. The van der Waals surface area contributed by atoms with Crippen LogP contribution in [-0.4, -0.2) is 37.4 Å². The Hall–Kier alpha value is -3.21. The molecular weight excluding hydrogens is 448 g/mol. The molecule has 4 rings (SSSR count). The Morgan fingerprint density at radius 3 is 2.53 bits per heavy atom. The van der Waals surface area contributed by atoms with Crippen molar-refractivity contribution in [2.24, 2.45) is 5.14 Å². The second-order valence-corrected chi connectivity index (χ2v) is 9.60. The largest absolute Gasteiger partial charge is 0.497 e. The maximum Gasteiger partial charge on any atom is 0.238 e. The Kier molecular flexibility index (Phi) is 6.26. The second kappa shape index (κ2) is 9.11. The molecule has 8 nitrogen and oxygen atoms in total. The molecule has 0 unspecified atom stereocenters. The van der Waals surface area contributed by atoms with E-state index in [-0.39, 0.29) is 17.2 Å². The third-order valence-electron chi connectivity index (χ3n) is 5.00. The molecule has 0 aliphatic heterocycles. The quantitative estimate of drug-likeness (QED) is 0.411. The first-order valence-electron chi connectivity index (χ1n) is 9.82. The maximum atomic E-state index is 12.4. The van der Waals surface area contributed by atoms with Crippen LogP contribution in [-0.2, 0) is 27.7 Å². The second-order valence-electron chi connectivity index (χ2n) is 7.20. The Labute approximate surface area is 189 Å². The minimum Gasteiger partial charge on any atom is -0.497 e. The Morgan fingerprint density at radius 2 is 1.88 bits per heavy atom. The Balaban J connectivity index is 1.35. The van der Waals surface area contributed by atoms with Crippen LogP contribution in [0.2, 0.25) is 0 Å². The summed E-state index contributed by atoms with van der Waals surface area (Å²) in [6.07, 6.45) is 2.76. The number of thiazole rings is 1. The monoisotopic (exact) mass is 470 g/mol. The van der Waals surface area contributed by atoms with E-state index in [2.05, 4.69) is 10.3 Å². The minimum atomic E-state index is -3.70.